The van der Waals surface area contributed by atoms with Gasteiger partial charge in [0, 0.05) is 24.8 Å². The predicted octanol–water partition coefficient (Wildman–Crippen LogP) is 2.91. The zero-order chi connectivity index (χ0) is 20.4. The minimum Gasteiger partial charge on any atom is -0.325 e. The molecule has 2 fully saturated rings. The summed E-state index contributed by atoms with van der Waals surface area (Å²) in [6, 6.07) is 6.84. The predicted molar refractivity (Wildman–Crippen MR) is 111 cm³/mol. The average molecular weight is 436 g/mol. The van der Waals surface area contributed by atoms with Gasteiger partial charge in [-0.05, 0) is 56.9 Å². The first kappa shape index (κ1) is 20.4. The minimum absolute atomic E-state index is 0.160. The highest BCUT2D eigenvalue weighted by atomic mass is 32.2. The van der Waals surface area contributed by atoms with E-state index in [1.54, 1.807) is 34.9 Å². The lowest BCUT2D eigenvalue weighted by atomic mass is 10.2. The molecular weight excluding hydrogens is 410 g/mol. The van der Waals surface area contributed by atoms with Crippen LogP contribution in [0.3, 0.4) is 0 Å². The van der Waals surface area contributed by atoms with Crippen molar-refractivity contribution in [3.05, 3.63) is 30.6 Å². The Morgan fingerprint density at radius 3 is 2.52 bits per heavy atom. The third-order valence-corrected chi connectivity index (χ3v) is 8.19. The van der Waals surface area contributed by atoms with Crippen molar-refractivity contribution in [1.82, 2.24) is 19.1 Å². The van der Waals surface area contributed by atoms with Crippen molar-refractivity contribution in [2.24, 2.45) is 0 Å². The van der Waals surface area contributed by atoms with E-state index in [4.69, 9.17) is 0 Å². The van der Waals surface area contributed by atoms with E-state index in [0.29, 0.717) is 24.8 Å². The number of hydrogen-bond donors (Lipinski definition) is 1. The third-order valence-electron chi connectivity index (χ3n) is 5.21. The maximum Gasteiger partial charge on any atom is 0.243 e. The number of carbonyl (C=O) groups excluding carboxylic acids is 1. The van der Waals surface area contributed by atoms with Crippen LogP contribution in [0.25, 0.3) is 0 Å². The Bertz CT molecular complexity index is 964. The Morgan fingerprint density at radius 1 is 1.17 bits per heavy atom. The van der Waals surface area contributed by atoms with Crippen LogP contribution in [-0.2, 0) is 14.8 Å². The summed E-state index contributed by atoms with van der Waals surface area (Å²) >= 11 is 1.37. The maximum absolute atomic E-state index is 12.7. The van der Waals surface area contributed by atoms with Gasteiger partial charge in [0.25, 0.3) is 0 Å². The molecule has 1 aliphatic heterocycles. The molecule has 1 saturated carbocycles. The molecule has 0 bridgehead atoms. The number of sulfonamides is 1. The quantitative estimate of drug-likeness (QED) is 0.672. The molecule has 1 saturated heterocycles. The van der Waals surface area contributed by atoms with Gasteiger partial charge in [-0.2, -0.15) is 4.31 Å². The lowest BCUT2D eigenvalue weighted by molar-refractivity contribution is -0.115. The van der Waals surface area contributed by atoms with Crippen LogP contribution in [0.5, 0.6) is 0 Å². The topological polar surface area (TPSA) is 97.2 Å². The number of hydrogen-bond acceptors (Lipinski definition) is 6. The van der Waals surface area contributed by atoms with Crippen LogP contribution in [0.4, 0.5) is 5.69 Å². The van der Waals surface area contributed by atoms with E-state index in [9.17, 15) is 13.2 Å². The van der Waals surface area contributed by atoms with Gasteiger partial charge in [-0.25, -0.2) is 8.42 Å². The second-order valence-corrected chi connectivity index (χ2v) is 10.7. The number of carbonyl (C=O) groups is 1. The minimum atomic E-state index is -3.47. The van der Waals surface area contributed by atoms with E-state index in [1.165, 1.54) is 11.8 Å². The standard InChI is InChI=1S/C19H25N5O3S2/c1-14(28-19-22-20-13-24(19)16-7-8-16)18(25)21-15-5-9-17(10-6-15)29(26,27)23-11-3-2-4-12-23/h5-6,9-10,13-14,16H,2-4,7-8,11-12H2,1H3,(H,21,25). The molecular formula is C19H25N5O3S2. The zero-order valence-corrected chi connectivity index (χ0v) is 18.0. The molecule has 1 amide bonds. The number of rotatable bonds is 7. The van der Waals surface area contributed by atoms with Crippen LogP contribution in [-0.4, -0.2) is 51.7 Å². The summed E-state index contributed by atoms with van der Waals surface area (Å²) < 4.78 is 29.0. The van der Waals surface area contributed by atoms with Crippen LogP contribution in [0.1, 0.15) is 45.1 Å². The van der Waals surface area contributed by atoms with E-state index in [1.807, 2.05) is 11.5 Å². The fraction of sp³-hybridized carbons (Fsp3) is 0.526. The van der Waals surface area contributed by atoms with Crippen molar-refractivity contribution < 1.29 is 13.2 Å². The van der Waals surface area contributed by atoms with Gasteiger partial charge in [0.1, 0.15) is 6.33 Å². The van der Waals surface area contributed by atoms with Crippen molar-refractivity contribution in [1.29, 1.82) is 0 Å². The molecule has 1 aromatic heterocycles. The fourth-order valence-corrected chi connectivity index (χ4v) is 5.75. The fourth-order valence-electron chi connectivity index (χ4n) is 3.34. The SMILES string of the molecule is CC(Sc1nncn1C1CC1)C(=O)Nc1ccc(S(=O)(=O)N2CCCCC2)cc1. The number of piperidine rings is 1. The Morgan fingerprint density at radius 2 is 1.86 bits per heavy atom. The summed E-state index contributed by atoms with van der Waals surface area (Å²) in [5.41, 5.74) is 0.573. The number of thioether (sulfide) groups is 1. The van der Waals surface area contributed by atoms with Crippen LogP contribution < -0.4 is 5.32 Å². The summed E-state index contributed by atoms with van der Waals surface area (Å²) in [5.74, 6) is -0.160. The van der Waals surface area contributed by atoms with Gasteiger partial charge in [-0.3, -0.25) is 4.79 Å². The Balaban J connectivity index is 1.37. The molecule has 156 valence electrons. The van der Waals surface area contributed by atoms with Gasteiger partial charge >= 0.3 is 0 Å². The van der Waals surface area contributed by atoms with Crippen LogP contribution in [0.2, 0.25) is 0 Å². The van der Waals surface area contributed by atoms with Gasteiger partial charge < -0.3 is 9.88 Å². The summed E-state index contributed by atoms with van der Waals surface area (Å²) in [6.07, 6.45) is 6.84. The number of aromatic nitrogens is 3. The van der Waals surface area contributed by atoms with Gasteiger partial charge in [0.2, 0.25) is 15.9 Å². The van der Waals surface area contributed by atoms with Gasteiger partial charge in [-0.15, -0.1) is 10.2 Å². The Labute approximate surface area is 175 Å². The number of benzene rings is 1. The summed E-state index contributed by atoms with van der Waals surface area (Å²) in [7, 11) is -3.47. The molecule has 2 aromatic rings. The molecule has 0 spiro atoms. The molecule has 1 aliphatic carbocycles. The molecule has 1 N–H and O–H groups in total. The molecule has 4 rings (SSSR count). The van der Waals surface area contributed by atoms with Gasteiger partial charge in [-0.1, -0.05) is 18.2 Å². The highest BCUT2D eigenvalue weighted by Gasteiger charge is 2.28. The van der Waals surface area contributed by atoms with Crippen molar-refractivity contribution >= 4 is 33.4 Å². The average Bonchev–Trinajstić information content (AvgIpc) is 3.48. The second kappa shape index (κ2) is 8.45. The summed E-state index contributed by atoms with van der Waals surface area (Å²) in [4.78, 5) is 12.8. The number of nitrogens with zero attached hydrogens (tertiary/aromatic N) is 4. The molecule has 1 atom stereocenters. The number of nitrogens with one attached hydrogen (secondary N) is 1. The van der Waals surface area contributed by atoms with Crippen LogP contribution >= 0.6 is 11.8 Å². The number of amides is 1. The molecule has 29 heavy (non-hydrogen) atoms. The molecule has 10 heteroatoms. The van der Waals surface area contributed by atoms with E-state index in [-0.39, 0.29) is 16.1 Å². The monoisotopic (exact) mass is 435 g/mol. The molecule has 2 aliphatic rings. The van der Waals surface area contributed by atoms with Crippen molar-refractivity contribution in [2.45, 2.75) is 60.4 Å². The largest absolute Gasteiger partial charge is 0.325 e. The van der Waals surface area contributed by atoms with E-state index < -0.39 is 10.0 Å². The van der Waals surface area contributed by atoms with E-state index >= 15 is 0 Å². The molecule has 1 unspecified atom stereocenters. The second-order valence-electron chi connectivity index (χ2n) is 7.49. The first-order valence-electron chi connectivity index (χ1n) is 9.92. The molecule has 8 nitrogen and oxygen atoms in total. The number of anilines is 1. The van der Waals surface area contributed by atoms with E-state index in [2.05, 4.69) is 15.5 Å². The Hall–Kier alpha value is -1.91. The van der Waals surface area contributed by atoms with Crippen molar-refractivity contribution in [3.63, 3.8) is 0 Å². The lowest BCUT2D eigenvalue weighted by Gasteiger charge is -2.25. The molecule has 0 radical (unpaired) electrons. The zero-order valence-electron chi connectivity index (χ0n) is 16.3. The summed E-state index contributed by atoms with van der Waals surface area (Å²) in [6.45, 7) is 2.96. The Kier molecular flexibility index (Phi) is 5.93. The molecule has 2 heterocycles. The van der Waals surface area contributed by atoms with Gasteiger partial charge in [0.05, 0.1) is 10.1 Å². The normalized spacial score (nSPS) is 19.1. The van der Waals surface area contributed by atoms with Crippen LogP contribution in [0, 0.1) is 0 Å². The maximum atomic E-state index is 12.7. The summed E-state index contributed by atoms with van der Waals surface area (Å²) in [5, 5.41) is 11.3. The van der Waals surface area contributed by atoms with Gasteiger partial charge in [0.15, 0.2) is 5.16 Å². The molecule has 1 aromatic carbocycles. The van der Waals surface area contributed by atoms with Crippen LogP contribution in [0.15, 0.2) is 40.6 Å². The third kappa shape index (κ3) is 4.65. The first-order chi connectivity index (χ1) is 13.9. The smallest absolute Gasteiger partial charge is 0.243 e. The van der Waals surface area contributed by atoms with Crippen molar-refractivity contribution in [3.8, 4) is 0 Å². The first-order valence-corrected chi connectivity index (χ1v) is 12.2. The van der Waals surface area contributed by atoms with E-state index in [0.717, 1.165) is 37.3 Å². The lowest BCUT2D eigenvalue weighted by Crippen LogP contribution is -2.35. The highest BCUT2D eigenvalue weighted by Crippen LogP contribution is 2.38. The van der Waals surface area contributed by atoms with Crippen molar-refractivity contribution in [2.75, 3.05) is 18.4 Å². The highest BCUT2D eigenvalue weighted by molar-refractivity contribution is 8.00.